The Morgan fingerprint density at radius 1 is 0.513 bits per heavy atom. The van der Waals surface area contributed by atoms with Crippen molar-refractivity contribution in [1.82, 2.24) is 9.97 Å². The van der Waals surface area contributed by atoms with E-state index in [1.807, 2.05) is 24.4 Å². The van der Waals surface area contributed by atoms with Crippen LogP contribution >= 0.6 is 0 Å². The van der Waals surface area contributed by atoms with Crippen LogP contribution in [0.3, 0.4) is 0 Å². The Balaban J connectivity index is 1.61. The second-order valence-electron chi connectivity index (χ2n) is 12.1. The second-order valence-corrected chi connectivity index (χ2v) is 12.1. The normalized spacial score (nSPS) is 11.8. The highest BCUT2D eigenvalue weighted by atomic mass is 14.9. The molecule has 0 radical (unpaired) electrons. The zero-order chi connectivity index (χ0) is 27.6. The summed E-state index contributed by atoms with van der Waals surface area (Å²) in [4.78, 5) is 9.79. The number of aromatic nitrogens is 2. The van der Waals surface area contributed by atoms with E-state index in [9.17, 15) is 0 Å². The molecule has 0 saturated heterocycles. The van der Waals surface area contributed by atoms with Crippen molar-refractivity contribution in [3.63, 3.8) is 0 Å². The highest BCUT2D eigenvalue weighted by molar-refractivity contribution is 5.86. The minimum Gasteiger partial charge on any atom is -0.354 e. The monoisotopic (exact) mass is 511 g/mol. The summed E-state index contributed by atoms with van der Waals surface area (Å²) in [6, 6.07) is 36.1. The van der Waals surface area contributed by atoms with E-state index in [4.69, 9.17) is 4.98 Å². The summed E-state index contributed by atoms with van der Waals surface area (Å²) in [5, 5.41) is 3.73. The number of anilines is 2. The molecule has 0 aliphatic heterocycles. The van der Waals surface area contributed by atoms with Crippen LogP contribution in [0.4, 0.5) is 11.4 Å². The van der Waals surface area contributed by atoms with Crippen LogP contribution in [-0.4, -0.2) is 9.97 Å². The lowest BCUT2D eigenvalue weighted by atomic mass is 9.85. The van der Waals surface area contributed by atoms with Crippen molar-refractivity contribution in [3.8, 4) is 33.8 Å². The number of hydrogen-bond acceptors (Lipinski definition) is 3. The van der Waals surface area contributed by atoms with Crippen LogP contribution in [0.15, 0.2) is 109 Å². The number of nitrogens with one attached hydrogen (secondary N) is 1. The van der Waals surface area contributed by atoms with Crippen LogP contribution in [0.25, 0.3) is 33.8 Å². The van der Waals surface area contributed by atoms with Crippen molar-refractivity contribution >= 4 is 11.4 Å². The third-order valence-corrected chi connectivity index (χ3v) is 7.07. The first-order chi connectivity index (χ1) is 18.6. The van der Waals surface area contributed by atoms with E-state index in [0.717, 1.165) is 45.1 Å². The molecule has 0 atom stereocenters. The van der Waals surface area contributed by atoms with Gasteiger partial charge in [0.2, 0.25) is 0 Å². The van der Waals surface area contributed by atoms with Gasteiger partial charge in [-0.2, -0.15) is 0 Å². The predicted octanol–water partition coefficient (Wildman–Crippen LogP) is 9.82. The first kappa shape index (κ1) is 26.4. The van der Waals surface area contributed by atoms with Gasteiger partial charge in [-0.05, 0) is 70.5 Å². The topological polar surface area (TPSA) is 37.8 Å². The molecule has 3 heteroatoms. The highest BCUT2D eigenvalue weighted by Crippen LogP contribution is 2.37. The molecule has 0 aliphatic rings. The summed E-state index contributed by atoms with van der Waals surface area (Å²) in [5.74, 6) is 0. The molecule has 1 N–H and O–H groups in total. The van der Waals surface area contributed by atoms with Gasteiger partial charge in [0.25, 0.3) is 0 Å². The van der Waals surface area contributed by atoms with Crippen LogP contribution in [0, 0.1) is 0 Å². The number of para-hydroxylation sites is 1. The minimum atomic E-state index is 0.0117. The molecule has 2 aromatic heterocycles. The Morgan fingerprint density at radius 3 is 1.90 bits per heavy atom. The van der Waals surface area contributed by atoms with Gasteiger partial charge in [-0.3, -0.25) is 4.98 Å². The van der Waals surface area contributed by atoms with Crippen molar-refractivity contribution < 1.29 is 0 Å². The van der Waals surface area contributed by atoms with Gasteiger partial charge in [-0.1, -0.05) is 96.1 Å². The van der Waals surface area contributed by atoms with E-state index in [-0.39, 0.29) is 10.8 Å². The molecule has 5 aromatic rings. The lowest BCUT2D eigenvalue weighted by Crippen LogP contribution is -2.11. The van der Waals surface area contributed by atoms with Crippen molar-refractivity contribution in [2.75, 3.05) is 5.32 Å². The molecular formula is C36H37N3. The Bertz CT molecular complexity index is 1590. The first-order valence-electron chi connectivity index (χ1n) is 13.6. The maximum atomic E-state index is 5.19. The van der Waals surface area contributed by atoms with Gasteiger partial charge >= 0.3 is 0 Å². The van der Waals surface area contributed by atoms with Crippen LogP contribution in [0.1, 0.15) is 52.7 Å². The van der Waals surface area contributed by atoms with E-state index >= 15 is 0 Å². The maximum Gasteiger partial charge on any atom is 0.0730 e. The third-order valence-electron chi connectivity index (χ3n) is 7.07. The fourth-order valence-electron chi connectivity index (χ4n) is 4.70. The quantitative estimate of drug-likeness (QED) is 0.255. The number of rotatable bonds is 5. The summed E-state index contributed by atoms with van der Waals surface area (Å²) in [6.07, 6.45) is 1.83. The Labute approximate surface area is 233 Å². The molecule has 0 saturated carbocycles. The van der Waals surface area contributed by atoms with Gasteiger partial charge in [0.05, 0.1) is 17.1 Å². The van der Waals surface area contributed by atoms with Crippen LogP contribution in [0.5, 0.6) is 0 Å². The Hall–Kier alpha value is -4.24. The fourth-order valence-corrected chi connectivity index (χ4v) is 4.70. The minimum absolute atomic E-state index is 0.0117. The van der Waals surface area contributed by atoms with Gasteiger partial charge in [0.1, 0.15) is 0 Å². The van der Waals surface area contributed by atoms with Crippen molar-refractivity contribution in [3.05, 3.63) is 120 Å². The average molecular weight is 512 g/mol. The summed E-state index contributed by atoms with van der Waals surface area (Å²) >= 11 is 0. The molecule has 5 rings (SSSR count). The van der Waals surface area contributed by atoms with E-state index in [0.29, 0.717) is 0 Å². The molecule has 3 nitrogen and oxygen atoms in total. The smallest absolute Gasteiger partial charge is 0.0730 e. The maximum absolute atomic E-state index is 5.19. The molecular weight excluding hydrogens is 474 g/mol. The molecule has 2 heterocycles. The SMILES string of the molecule is CC(C)(C)c1cccc(-c2cccc(-c3cc(C(C)(C)C)ccc3Nc3ccccc3-c3ccccn3)n2)c1. The van der Waals surface area contributed by atoms with Crippen molar-refractivity contribution in [2.24, 2.45) is 0 Å². The molecule has 3 aromatic carbocycles. The molecule has 39 heavy (non-hydrogen) atoms. The van der Waals surface area contributed by atoms with Crippen molar-refractivity contribution in [2.45, 2.75) is 52.4 Å². The average Bonchev–Trinajstić information content (AvgIpc) is 2.93. The molecule has 0 amide bonds. The lowest BCUT2D eigenvalue weighted by molar-refractivity contribution is 0.590. The number of hydrogen-bond donors (Lipinski definition) is 1. The third kappa shape index (κ3) is 5.93. The summed E-state index contributed by atoms with van der Waals surface area (Å²) in [5.41, 5.74) is 10.8. The van der Waals surface area contributed by atoms with Crippen LogP contribution in [0.2, 0.25) is 0 Å². The number of nitrogens with zero attached hydrogens (tertiary/aromatic N) is 2. The molecule has 0 spiro atoms. The summed E-state index contributed by atoms with van der Waals surface area (Å²) in [7, 11) is 0. The zero-order valence-corrected chi connectivity index (χ0v) is 23.8. The first-order valence-corrected chi connectivity index (χ1v) is 13.6. The summed E-state index contributed by atoms with van der Waals surface area (Å²) in [6.45, 7) is 13.5. The largest absolute Gasteiger partial charge is 0.354 e. The predicted molar refractivity (Wildman–Crippen MR) is 165 cm³/mol. The molecule has 0 unspecified atom stereocenters. The van der Waals surface area contributed by atoms with E-state index in [1.165, 1.54) is 11.1 Å². The van der Waals surface area contributed by atoms with Gasteiger partial charge in [0, 0.05) is 34.3 Å². The Kier molecular flexibility index (Phi) is 7.10. The lowest BCUT2D eigenvalue weighted by Gasteiger charge is -2.22. The zero-order valence-electron chi connectivity index (χ0n) is 23.8. The second kappa shape index (κ2) is 10.5. The van der Waals surface area contributed by atoms with Crippen molar-refractivity contribution in [1.29, 1.82) is 0 Å². The van der Waals surface area contributed by atoms with Crippen LogP contribution in [-0.2, 0) is 10.8 Å². The summed E-state index contributed by atoms with van der Waals surface area (Å²) < 4.78 is 0. The van der Waals surface area contributed by atoms with E-state index < -0.39 is 0 Å². The van der Waals surface area contributed by atoms with Gasteiger partial charge in [-0.25, -0.2) is 4.98 Å². The van der Waals surface area contributed by atoms with Gasteiger partial charge < -0.3 is 5.32 Å². The van der Waals surface area contributed by atoms with Crippen LogP contribution < -0.4 is 5.32 Å². The molecule has 196 valence electrons. The van der Waals surface area contributed by atoms with Gasteiger partial charge in [0.15, 0.2) is 0 Å². The molecule has 0 bridgehead atoms. The Morgan fingerprint density at radius 2 is 1.15 bits per heavy atom. The van der Waals surface area contributed by atoms with E-state index in [1.54, 1.807) is 0 Å². The molecule has 0 aliphatic carbocycles. The number of pyridine rings is 2. The highest BCUT2D eigenvalue weighted by Gasteiger charge is 2.19. The van der Waals surface area contributed by atoms with Gasteiger partial charge in [-0.15, -0.1) is 0 Å². The fraction of sp³-hybridized carbons (Fsp3) is 0.222. The standard InChI is InChI=1S/C36H37N3/c1-35(2,3)26-14-11-13-25(23-26)30-18-12-19-33(38-30)29-24-27(36(4,5)6)20-21-34(29)39-32-17-8-7-15-28(32)31-16-9-10-22-37-31/h7-24,39H,1-6H3. The number of benzene rings is 3. The molecule has 0 fully saturated rings. The van der Waals surface area contributed by atoms with E-state index in [2.05, 4.69) is 137 Å².